The summed E-state index contributed by atoms with van der Waals surface area (Å²) in [6.07, 6.45) is 7.68. The highest BCUT2D eigenvalue weighted by atomic mass is 16.2. The third-order valence-electron chi connectivity index (χ3n) is 5.23. The van der Waals surface area contributed by atoms with Crippen LogP contribution in [-0.2, 0) is 4.79 Å². The van der Waals surface area contributed by atoms with Gasteiger partial charge in [-0.05, 0) is 49.8 Å². The largest absolute Gasteiger partial charge is 0.356 e. The molecule has 0 spiro atoms. The van der Waals surface area contributed by atoms with Gasteiger partial charge in [-0.2, -0.15) is 5.10 Å². The molecule has 1 aromatic carbocycles. The Kier molecular flexibility index (Phi) is 4.73. The molecule has 2 amide bonds. The summed E-state index contributed by atoms with van der Waals surface area (Å²) < 4.78 is 1.71. The number of aromatic nitrogens is 2. The van der Waals surface area contributed by atoms with Crippen LogP contribution < -0.4 is 5.32 Å². The second kappa shape index (κ2) is 7.32. The van der Waals surface area contributed by atoms with Crippen LogP contribution in [0.3, 0.4) is 0 Å². The number of carbonyl (C=O) groups excluding carboxylic acids is 2. The van der Waals surface area contributed by atoms with Gasteiger partial charge in [-0.1, -0.05) is 12.1 Å². The smallest absolute Gasteiger partial charge is 0.256 e. The summed E-state index contributed by atoms with van der Waals surface area (Å²) in [7, 11) is 0. The minimum atomic E-state index is -0.108. The van der Waals surface area contributed by atoms with Crippen molar-refractivity contribution in [3.63, 3.8) is 0 Å². The van der Waals surface area contributed by atoms with Crippen molar-refractivity contribution in [1.29, 1.82) is 0 Å². The van der Waals surface area contributed by atoms with Gasteiger partial charge in [0, 0.05) is 32.0 Å². The van der Waals surface area contributed by atoms with Gasteiger partial charge in [-0.3, -0.25) is 9.59 Å². The topological polar surface area (TPSA) is 67.2 Å². The van der Waals surface area contributed by atoms with Gasteiger partial charge in [-0.15, -0.1) is 0 Å². The van der Waals surface area contributed by atoms with Gasteiger partial charge in [0.25, 0.3) is 5.91 Å². The summed E-state index contributed by atoms with van der Waals surface area (Å²) in [5.74, 6) is 0.620. The number of piperidine rings is 1. The number of likely N-dealkylation sites (tertiary alicyclic amines) is 1. The predicted octanol–water partition coefficient (Wildman–Crippen LogP) is 2.25. The minimum Gasteiger partial charge on any atom is -0.356 e. The number of nitrogens with one attached hydrogen (secondary N) is 1. The fourth-order valence-electron chi connectivity index (χ4n) is 3.52. The fraction of sp³-hybridized carbons (Fsp3) is 0.450. The van der Waals surface area contributed by atoms with Crippen molar-refractivity contribution in [1.82, 2.24) is 20.0 Å². The molecule has 2 aliphatic rings. The number of rotatable bonds is 5. The van der Waals surface area contributed by atoms with Crippen molar-refractivity contribution in [3.05, 3.63) is 48.3 Å². The zero-order valence-electron chi connectivity index (χ0n) is 14.8. The quantitative estimate of drug-likeness (QED) is 0.897. The van der Waals surface area contributed by atoms with Gasteiger partial charge < -0.3 is 10.2 Å². The van der Waals surface area contributed by atoms with Gasteiger partial charge >= 0.3 is 0 Å². The lowest BCUT2D eigenvalue weighted by Gasteiger charge is -2.32. The van der Waals surface area contributed by atoms with Gasteiger partial charge in [-0.25, -0.2) is 4.68 Å². The van der Waals surface area contributed by atoms with Crippen LogP contribution in [0.5, 0.6) is 0 Å². The number of hydrogen-bond acceptors (Lipinski definition) is 3. The van der Waals surface area contributed by atoms with E-state index >= 15 is 0 Å². The van der Waals surface area contributed by atoms with Crippen LogP contribution in [0, 0.1) is 11.8 Å². The summed E-state index contributed by atoms with van der Waals surface area (Å²) in [6.45, 7) is 1.97. The maximum Gasteiger partial charge on any atom is 0.256 e. The summed E-state index contributed by atoms with van der Waals surface area (Å²) in [5, 5.41) is 7.30. The Bertz CT molecular complexity index is 783. The maximum atomic E-state index is 13.1. The molecule has 1 saturated carbocycles. The lowest BCUT2D eigenvalue weighted by atomic mass is 9.96. The van der Waals surface area contributed by atoms with Crippen molar-refractivity contribution in [2.75, 3.05) is 19.6 Å². The summed E-state index contributed by atoms with van der Waals surface area (Å²) >= 11 is 0. The van der Waals surface area contributed by atoms with Gasteiger partial charge in [0.15, 0.2) is 0 Å². The first-order chi connectivity index (χ1) is 12.7. The van der Waals surface area contributed by atoms with E-state index in [2.05, 4.69) is 10.4 Å². The van der Waals surface area contributed by atoms with E-state index in [9.17, 15) is 9.59 Å². The molecule has 2 heterocycles. The van der Waals surface area contributed by atoms with Crippen LogP contribution in [0.15, 0.2) is 42.7 Å². The average Bonchev–Trinajstić information content (AvgIpc) is 3.36. The average molecular weight is 352 g/mol. The fourth-order valence-corrected chi connectivity index (χ4v) is 3.52. The van der Waals surface area contributed by atoms with Crippen LogP contribution in [0.4, 0.5) is 0 Å². The molecule has 1 atom stereocenters. The van der Waals surface area contributed by atoms with Crippen LogP contribution >= 0.6 is 0 Å². The molecule has 6 nitrogen and oxygen atoms in total. The molecule has 4 rings (SSSR count). The highest BCUT2D eigenvalue weighted by Gasteiger charge is 2.31. The Hall–Kier alpha value is -2.63. The molecule has 2 aromatic rings. The van der Waals surface area contributed by atoms with E-state index in [1.165, 1.54) is 12.8 Å². The lowest BCUT2D eigenvalue weighted by Crippen LogP contribution is -2.46. The highest BCUT2D eigenvalue weighted by Crippen LogP contribution is 2.28. The number of para-hydroxylation sites is 1. The van der Waals surface area contributed by atoms with Crippen LogP contribution in [0.1, 0.15) is 36.0 Å². The predicted molar refractivity (Wildman–Crippen MR) is 97.9 cm³/mol. The van der Waals surface area contributed by atoms with Crippen molar-refractivity contribution in [2.45, 2.75) is 25.7 Å². The molecular formula is C20H24N4O2. The summed E-state index contributed by atoms with van der Waals surface area (Å²) in [5.41, 5.74) is 1.39. The normalized spacial score (nSPS) is 20.0. The summed E-state index contributed by atoms with van der Waals surface area (Å²) in [6, 6.07) is 9.32. The standard InChI is InChI=1S/C20H24N4O2/c25-19(21-13-15-8-9-15)16-5-3-11-23(14-16)20(26)17-6-1-2-7-18(17)24-12-4-10-22-24/h1-2,4,6-7,10,12,15-16H,3,5,8-9,11,13-14H2,(H,21,25). The van der Waals surface area contributed by atoms with E-state index in [1.807, 2.05) is 41.4 Å². The van der Waals surface area contributed by atoms with E-state index in [4.69, 9.17) is 0 Å². The Balaban J connectivity index is 1.47. The molecule has 1 unspecified atom stereocenters. The van der Waals surface area contributed by atoms with Crippen LogP contribution in [0.2, 0.25) is 0 Å². The van der Waals surface area contributed by atoms with E-state index in [0.29, 0.717) is 24.6 Å². The molecule has 1 aliphatic heterocycles. The molecule has 6 heteroatoms. The molecule has 1 saturated heterocycles. The van der Waals surface area contributed by atoms with E-state index in [0.717, 1.165) is 25.1 Å². The maximum absolute atomic E-state index is 13.1. The number of carbonyl (C=O) groups is 2. The second-order valence-corrected chi connectivity index (χ2v) is 7.25. The Morgan fingerprint density at radius 3 is 2.77 bits per heavy atom. The molecule has 2 fully saturated rings. The number of benzene rings is 1. The first-order valence-electron chi connectivity index (χ1n) is 9.38. The first kappa shape index (κ1) is 16.8. The van der Waals surface area contributed by atoms with Crippen LogP contribution in [-0.4, -0.2) is 46.1 Å². The summed E-state index contributed by atoms with van der Waals surface area (Å²) in [4.78, 5) is 27.4. The van der Waals surface area contributed by atoms with Crippen molar-refractivity contribution in [2.24, 2.45) is 11.8 Å². The number of nitrogens with zero attached hydrogens (tertiary/aromatic N) is 3. The van der Waals surface area contributed by atoms with Crippen molar-refractivity contribution in [3.8, 4) is 5.69 Å². The SMILES string of the molecule is O=C(NCC1CC1)C1CCCN(C(=O)c2ccccc2-n2cccn2)C1. The molecule has 136 valence electrons. The number of amides is 2. The van der Waals surface area contributed by atoms with Crippen molar-refractivity contribution >= 4 is 11.8 Å². The Morgan fingerprint density at radius 2 is 2.00 bits per heavy atom. The minimum absolute atomic E-state index is 0.0317. The van der Waals surface area contributed by atoms with Crippen molar-refractivity contribution < 1.29 is 9.59 Å². The molecule has 0 bridgehead atoms. The Morgan fingerprint density at radius 1 is 1.15 bits per heavy atom. The third-order valence-corrected chi connectivity index (χ3v) is 5.23. The molecule has 1 aliphatic carbocycles. The van der Waals surface area contributed by atoms with E-state index < -0.39 is 0 Å². The van der Waals surface area contributed by atoms with Gasteiger partial charge in [0.2, 0.25) is 5.91 Å². The van der Waals surface area contributed by atoms with Gasteiger partial charge in [0.05, 0.1) is 17.2 Å². The molecule has 1 aromatic heterocycles. The monoisotopic (exact) mass is 352 g/mol. The molecule has 26 heavy (non-hydrogen) atoms. The van der Waals surface area contributed by atoms with E-state index in [1.54, 1.807) is 10.9 Å². The second-order valence-electron chi connectivity index (χ2n) is 7.25. The first-order valence-corrected chi connectivity index (χ1v) is 9.38. The zero-order chi connectivity index (χ0) is 17.9. The third kappa shape index (κ3) is 3.64. The number of hydrogen-bond donors (Lipinski definition) is 1. The molecule has 1 N–H and O–H groups in total. The van der Waals surface area contributed by atoms with Crippen LogP contribution in [0.25, 0.3) is 5.69 Å². The molecular weight excluding hydrogens is 328 g/mol. The van der Waals surface area contributed by atoms with E-state index in [-0.39, 0.29) is 17.7 Å². The van der Waals surface area contributed by atoms with Gasteiger partial charge in [0.1, 0.15) is 0 Å². The Labute approximate surface area is 153 Å². The molecule has 0 radical (unpaired) electrons. The lowest BCUT2D eigenvalue weighted by molar-refractivity contribution is -0.126. The zero-order valence-corrected chi connectivity index (χ0v) is 14.8. The highest BCUT2D eigenvalue weighted by molar-refractivity contribution is 5.98.